The van der Waals surface area contributed by atoms with Crippen LogP contribution in [0.5, 0.6) is 0 Å². The van der Waals surface area contributed by atoms with Gasteiger partial charge < -0.3 is 4.90 Å². The highest BCUT2D eigenvalue weighted by atomic mass is 16.2. The summed E-state index contributed by atoms with van der Waals surface area (Å²) in [7, 11) is 1.86. The van der Waals surface area contributed by atoms with Crippen molar-refractivity contribution in [3.05, 3.63) is 47.3 Å². The molecule has 0 atom stereocenters. The molecule has 0 radical (unpaired) electrons. The predicted molar refractivity (Wildman–Crippen MR) is 78.6 cm³/mol. The number of aryl methyl sites for hydroxylation is 1. The summed E-state index contributed by atoms with van der Waals surface area (Å²) in [5, 5.41) is 4.15. The van der Waals surface area contributed by atoms with Gasteiger partial charge >= 0.3 is 0 Å². The Hall–Kier alpha value is -2.10. The smallest absolute Gasteiger partial charge is 0.231 e. The van der Waals surface area contributed by atoms with Crippen molar-refractivity contribution in [2.45, 2.75) is 32.7 Å². The summed E-state index contributed by atoms with van der Waals surface area (Å²) in [6, 6.07) is 6.35. The predicted octanol–water partition coefficient (Wildman–Crippen LogP) is 2.63. The van der Waals surface area contributed by atoms with E-state index in [4.69, 9.17) is 0 Å². The highest BCUT2D eigenvalue weighted by Gasteiger charge is 2.27. The first kappa shape index (κ1) is 12.9. The zero-order valence-corrected chi connectivity index (χ0v) is 12.1. The van der Waals surface area contributed by atoms with E-state index >= 15 is 0 Å². The number of hydrogen-bond donors (Lipinski definition) is 0. The molecule has 1 aromatic carbocycles. The topological polar surface area (TPSA) is 38.1 Å². The second kappa shape index (κ2) is 4.78. The third-order valence-electron chi connectivity index (χ3n) is 3.89. The number of anilines is 1. The molecular formula is C16H19N3O. The van der Waals surface area contributed by atoms with Crippen molar-refractivity contribution in [3.8, 4) is 0 Å². The normalized spacial score (nSPS) is 14.8. The van der Waals surface area contributed by atoms with Crippen molar-refractivity contribution in [2.24, 2.45) is 7.05 Å². The third kappa shape index (κ3) is 2.11. The summed E-state index contributed by atoms with van der Waals surface area (Å²) in [5.41, 5.74) is 4.63. The van der Waals surface area contributed by atoms with Crippen LogP contribution in [-0.2, 0) is 24.8 Å². The van der Waals surface area contributed by atoms with Gasteiger partial charge in [0.1, 0.15) is 0 Å². The molecule has 0 fully saturated rings. The summed E-state index contributed by atoms with van der Waals surface area (Å²) in [6.07, 6.45) is 4.11. The standard InChI is InChI=1S/C16H19N3O/c1-11(2)14-6-4-5-12-9-19(16(20)7-15(12)14)13-8-17-18(3)10-13/h4-6,8,10-11H,7,9H2,1-3H3. The van der Waals surface area contributed by atoms with Crippen LogP contribution in [0.4, 0.5) is 5.69 Å². The molecule has 1 aliphatic heterocycles. The van der Waals surface area contributed by atoms with Crippen LogP contribution in [0.3, 0.4) is 0 Å². The van der Waals surface area contributed by atoms with Crippen LogP contribution in [-0.4, -0.2) is 15.7 Å². The van der Waals surface area contributed by atoms with Gasteiger partial charge in [0.2, 0.25) is 5.91 Å². The maximum Gasteiger partial charge on any atom is 0.231 e. The fourth-order valence-corrected chi connectivity index (χ4v) is 2.85. The molecule has 4 nitrogen and oxygen atoms in total. The first-order valence-corrected chi connectivity index (χ1v) is 6.96. The molecule has 0 saturated heterocycles. The Kier molecular flexibility index (Phi) is 3.08. The van der Waals surface area contributed by atoms with Crippen molar-refractivity contribution in [1.82, 2.24) is 9.78 Å². The Balaban J connectivity index is 1.99. The first-order valence-electron chi connectivity index (χ1n) is 6.96. The number of benzene rings is 1. The number of amides is 1. The Morgan fingerprint density at radius 3 is 2.75 bits per heavy atom. The Bertz CT molecular complexity index is 657. The second-order valence-electron chi connectivity index (χ2n) is 5.67. The van der Waals surface area contributed by atoms with Crippen LogP contribution in [0.1, 0.15) is 36.5 Å². The molecule has 2 aromatic rings. The average molecular weight is 269 g/mol. The number of nitrogens with zero attached hydrogens (tertiary/aromatic N) is 3. The van der Waals surface area contributed by atoms with E-state index in [1.165, 1.54) is 16.7 Å². The molecule has 0 bridgehead atoms. The summed E-state index contributed by atoms with van der Waals surface area (Å²) < 4.78 is 1.72. The Morgan fingerprint density at radius 2 is 2.10 bits per heavy atom. The van der Waals surface area contributed by atoms with Gasteiger partial charge in [-0.25, -0.2) is 0 Å². The van der Waals surface area contributed by atoms with Crippen molar-refractivity contribution in [2.75, 3.05) is 4.90 Å². The SMILES string of the molecule is CC(C)c1cccc2c1CC(=O)N(c1cnn(C)c1)C2. The molecule has 4 heteroatoms. The fourth-order valence-electron chi connectivity index (χ4n) is 2.85. The highest BCUT2D eigenvalue weighted by molar-refractivity contribution is 5.96. The average Bonchev–Trinajstić information content (AvgIpc) is 2.83. The molecule has 2 heterocycles. The minimum absolute atomic E-state index is 0.151. The number of fused-ring (bicyclic) bond motifs is 1. The molecule has 1 aromatic heterocycles. The molecule has 0 saturated carbocycles. The monoisotopic (exact) mass is 269 g/mol. The van der Waals surface area contributed by atoms with Gasteiger partial charge in [0.05, 0.1) is 24.8 Å². The van der Waals surface area contributed by atoms with Gasteiger partial charge in [-0.15, -0.1) is 0 Å². The van der Waals surface area contributed by atoms with Gasteiger partial charge in [-0.1, -0.05) is 32.0 Å². The van der Waals surface area contributed by atoms with Crippen LogP contribution in [0, 0.1) is 0 Å². The molecule has 0 spiro atoms. The number of hydrogen-bond acceptors (Lipinski definition) is 2. The maximum atomic E-state index is 12.4. The lowest BCUT2D eigenvalue weighted by Gasteiger charge is -2.29. The molecule has 20 heavy (non-hydrogen) atoms. The van der Waals surface area contributed by atoms with E-state index in [-0.39, 0.29) is 5.91 Å². The molecule has 104 valence electrons. The molecule has 0 aliphatic carbocycles. The van der Waals surface area contributed by atoms with Gasteiger partial charge in [0.25, 0.3) is 0 Å². The van der Waals surface area contributed by atoms with E-state index < -0.39 is 0 Å². The molecule has 0 N–H and O–H groups in total. The van der Waals surface area contributed by atoms with Crippen molar-refractivity contribution < 1.29 is 4.79 Å². The third-order valence-corrected chi connectivity index (χ3v) is 3.89. The Labute approximate surface area is 119 Å². The largest absolute Gasteiger partial charge is 0.305 e. The van der Waals surface area contributed by atoms with Crippen molar-refractivity contribution in [3.63, 3.8) is 0 Å². The molecular weight excluding hydrogens is 250 g/mol. The van der Waals surface area contributed by atoms with Crippen LogP contribution < -0.4 is 4.90 Å². The van der Waals surface area contributed by atoms with Crippen LogP contribution in [0.2, 0.25) is 0 Å². The van der Waals surface area contributed by atoms with E-state index in [9.17, 15) is 4.79 Å². The van der Waals surface area contributed by atoms with Gasteiger partial charge in [0.15, 0.2) is 0 Å². The van der Waals surface area contributed by atoms with E-state index in [1.54, 1.807) is 10.9 Å². The van der Waals surface area contributed by atoms with Gasteiger partial charge in [-0.3, -0.25) is 9.48 Å². The molecule has 1 amide bonds. The zero-order valence-electron chi connectivity index (χ0n) is 12.1. The first-order chi connectivity index (χ1) is 9.56. The molecule has 0 unspecified atom stereocenters. The summed E-state index contributed by atoms with van der Waals surface area (Å²) in [4.78, 5) is 14.2. The molecule has 1 aliphatic rings. The minimum atomic E-state index is 0.151. The van der Waals surface area contributed by atoms with Crippen molar-refractivity contribution >= 4 is 11.6 Å². The number of rotatable bonds is 2. The highest BCUT2D eigenvalue weighted by Crippen LogP contribution is 2.30. The van der Waals surface area contributed by atoms with Crippen LogP contribution in [0.15, 0.2) is 30.6 Å². The van der Waals surface area contributed by atoms with Gasteiger partial charge in [-0.05, 0) is 22.6 Å². The number of carbonyl (C=O) groups is 1. The van der Waals surface area contributed by atoms with Gasteiger partial charge in [0, 0.05) is 13.2 Å². The summed E-state index contributed by atoms with van der Waals surface area (Å²) >= 11 is 0. The van der Waals surface area contributed by atoms with Gasteiger partial charge in [-0.2, -0.15) is 5.10 Å². The fraction of sp³-hybridized carbons (Fsp3) is 0.375. The minimum Gasteiger partial charge on any atom is -0.305 e. The number of carbonyl (C=O) groups excluding carboxylic acids is 1. The lowest BCUT2D eigenvalue weighted by Crippen LogP contribution is -2.36. The van der Waals surface area contributed by atoms with Crippen LogP contribution >= 0.6 is 0 Å². The quantitative estimate of drug-likeness (QED) is 0.840. The molecule has 3 rings (SSSR count). The summed E-state index contributed by atoms with van der Waals surface area (Å²) in [6.45, 7) is 4.99. The van der Waals surface area contributed by atoms with E-state index in [1.807, 2.05) is 18.1 Å². The van der Waals surface area contributed by atoms with E-state index in [0.29, 0.717) is 18.9 Å². The summed E-state index contributed by atoms with van der Waals surface area (Å²) in [5.74, 6) is 0.598. The van der Waals surface area contributed by atoms with Crippen molar-refractivity contribution in [1.29, 1.82) is 0 Å². The lowest BCUT2D eigenvalue weighted by atomic mass is 9.89. The van der Waals surface area contributed by atoms with E-state index in [0.717, 1.165) is 5.69 Å². The number of aromatic nitrogens is 2. The Morgan fingerprint density at radius 1 is 1.30 bits per heavy atom. The van der Waals surface area contributed by atoms with Crippen LogP contribution in [0.25, 0.3) is 0 Å². The maximum absolute atomic E-state index is 12.4. The zero-order chi connectivity index (χ0) is 14.3. The van der Waals surface area contributed by atoms with E-state index in [2.05, 4.69) is 37.1 Å². The second-order valence-corrected chi connectivity index (χ2v) is 5.67. The lowest BCUT2D eigenvalue weighted by molar-refractivity contribution is -0.118.